The summed E-state index contributed by atoms with van der Waals surface area (Å²) in [6.45, 7) is 12.1. The molecule has 156 valence electrons. The number of likely N-dealkylation sites (tertiary alicyclic amines) is 1. The van der Waals surface area contributed by atoms with Gasteiger partial charge in [-0.3, -0.25) is 4.79 Å². The molecular formula is C19H34N2O6. The first kappa shape index (κ1) is 23.0. The molecule has 0 unspecified atom stereocenters. The van der Waals surface area contributed by atoms with Crippen LogP contribution in [0.15, 0.2) is 0 Å². The summed E-state index contributed by atoms with van der Waals surface area (Å²) in [6.07, 6.45) is -0.0579. The summed E-state index contributed by atoms with van der Waals surface area (Å²) in [4.78, 5) is 37.6. The van der Waals surface area contributed by atoms with E-state index in [0.717, 1.165) is 0 Å². The van der Waals surface area contributed by atoms with Gasteiger partial charge >= 0.3 is 18.2 Å². The minimum atomic E-state index is -0.579. The average molecular weight is 386 g/mol. The van der Waals surface area contributed by atoms with Gasteiger partial charge in [0.2, 0.25) is 0 Å². The van der Waals surface area contributed by atoms with Crippen LogP contribution in [0.3, 0.4) is 0 Å². The Hall–Kier alpha value is -1.99. The fourth-order valence-electron chi connectivity index (χ4n) is 2.90. The Morgan fingerprint density at radius 3 is 2.11 bits per heavy atom. The largest absolute Gasteiger partial charge is 0.469 e. The van der Waals surface area contributed by atoms with Crippen molar-refractivity contribution < 1.29 is 28.6 Å². The van der Waals surface area contributed by atoms with Gasteiger partial charge in [0.05, 0.1) is 13.5 Å². The maximum atomic E-state index is 12.3. The molecule has 2 atom stereocenters. The molecule has 1 aliphatic heterocycles. The molecule has 1 aliphatic rings. The van der Waals surface area contributed by atoms with Gasteiger partial charge in [-0.15, -0.1) is 0 Å². The monoisotopic (exact) mass is 386 g/mol. The number of ether oxygens (including phenoxy) is 3. The lowest BCUT2D eigenvalue weighted by molar-refractivity contribution is -0.142. The molecule has 27 heavy (non-hydrogen) atoms. The standard InChI is InChI=1S/C19H34N2O6/c1-18(2,3)26-16(23)20-11-13-8-9-21(17(24)27-19(4,5)6)12-14(13)10-15(22)25-7/h13-14H,8-12H2,1-7H3,(H,20,23)/t13-,14+/m0/s1. The SMILES string of the molecule is COC(=O)C[C@@H]1CN(C(=O)OC(C)(C)C)CC[C@H]1CNC(=O)OC(C)(C)C. The normalized spacial score (nSPS) is 20.6. The molecule has 1 N–H and O–H groups in total. The van der Waals surface area contributed by atoms with Gasteiger partial charge in [-0.1, -0.05) is 0 Å². The lowest BCUT2D eigenvalue weighted by Gasteiger charge is -2.38. The van der Waals surface area contributed by atoms with E-state index < -0.39 is 23.4 Å². The third kappa shape index (κ3) is 8.97. The van der Waals surface area contributed by atoms with Crippen molar-refractivity contribution in [3.05, 3.63) is 0 Å². The van der Waals surface area contributed by atoms with Crippen LogP contribution in [0.4, 0.5) is 9.59 Å². The second-order valence-electron chi connectivity index (χ2n) is 8.90. The predicted molar refractivity (Wildman–Crippen MR) is 100 cm³/mol. The van der Waals surface area contributed by atoms with Crippen molar-refractivity contribution in [1.29, 1.82) is 0 Å². The number of piperidine rings is 1. The van der Waals surface area contributed by atoms with Crippen LogP contribution in [0.2, 0.25) is 0 Å². The Bertz CT molecular complexity index is 535. The summed E-state index contributed by atoms with van der Waals surface area (Å²) >= 11 is 0. The fourth-order valence-corrected chi connectivity index (χ4v) is 2.90. The number of methoxy groups -OCH3 is 1. The van der Waals surface area contributed by atoms with E-state index >= 15 is 0 Å². The van der Waals surface area contributed by atoms with Crippen molar-refractivity contribution in [1.82, 2.24) is 10.2 Å². The van der Waals surface area contributed by atoms with Crippen molar-refractivity contribution in [3.63, 3.8) is 0 Å². The number of nitrogens with one attached hydrogen (secondary N) is 1. The van der Waals surface area contributed by atoms with Crippen LogP contribution in [-0.2, 0) is 19.0 Å². The number of alkyl carbamates (subject to hydrolysis) is 1. The van der Waals surface area contributed by atoms with Crippen LogP contribution in [0, 0.1) is 11.8 Å². The maximum absolute atomic E-state index is 12.3. The molecule has 0 radical (unpaired) electrons. The highest BCUT2D eigenvalue weighted by Gasteiger charge is 2.35. The number of hydrogen-bond donors (Lipinski definition) is 1. The third-order valence-corrected chi connectivity index (χ3v) is 4.11. The predicted octanol–water partition coefficient (Wildman–Crippen LogP) is 2.95. The third-order valence-electron chi connectivity index (χ3n) is 4.11. The number of carbonyl (C=O) groups is 3. The molecule has 0 aromatic heterocycles. The quantitative estimate of drug-likeness (QED) is 0.590. The van der Waals surface area contributed by atoms with Crippen molar-refractivity contribution in [2.75, 3.05) is 26.7 Å². The topological polar surface area (TPSA) is 94.2 Å². The summed E-state index contributed by atoms with van der Waals surface area (Å²) in [5.74, 6) is -0.433. The number of nitrogens with zero attached hydrogens (tertiary/aromatic N) is 1. The highest BCUT2D eigenvalue weighted by Crippen LogP contribution is 2.27. The second-order valence-corrected chi connectivity index (χ2v) is 8.90. The van der Waals surface area contributed by atoms with Crippen LogP contribution < -0.4 is 5.32 Å². The van der Waals surface area contributed by atoms with Gasteiger partial charge in [0.1, 0.15) is 11.2 Å². The highest BCUT2D eigenvalue weighted by molar-refractivity contribution is 5.71. The molecule has 1 fully saturated rings. The average Bonchev–Trinajstić information content (AvgIpc) is 2.50. The van der Waals surface area contributed by atoms with Crippen molar-refractivity contribution in [2.24, 2.45) is 11.8 Å². The number of rotatable bonds is 4. The molecule has 8 heteroatoms. The van der Waals surface area contributed by atoms with Crippen LogP contribution in [0.25, 0.3) is 0 Å². The van der Waals surface area contributed by atoms with Crippen LogP contribution in [-0.4, -0.2) is 61.0 Å². The van der Waals surface area contributed by atoms with E-state index in [9.17, 15) is 14.4 Å². The van der Waals surface area contributed by atoms with E-state index in [2.05, 4.69) is 5.32 Å². The molecule has 1 heterocycles. The Kier molecular flexibility index (Phi) is 7.92. The Labute approximate surface area is 161 Å². The Morgan fingerprint density at radius 2 is 1.59 bits per heavy atom. The zero-order valence-electron chi connectivity index (χ0n) is 17.6. The Balaban J connectivity index is 2.71. The van der Waals surface area contributed by atoms with E-state index in [1.54, 1.807) is 25.7 Å². The molecule has 0 aromatic carbocycles. The minimum Gasteiger partial charge on any atom is -0.469 e. The second kappa shape index (κ2) is 9.28. The fraction of sp³-hybridized carbons (Fsp3) is 0.842. The summed E-state index contributed by atoms with van der Waals surface area (Å²) in [6, 6.07) is 0. The smallest absolute Gasteiger partial charge is 0.410 e. The van der Waals surface area contributed by atoms with Crippen LogP contribution in [0.1, 0.15) is 54.4 Å². The molecule has 0 spiro atoms. The van der Waals surface area contributed by atoms with Crippen LogP contribution in [0.5, 0.6) is 0 Å². The first-order chi connectivity index (χ1) is 12.3. The molecule has 0 aliphatic carbocycles. The molecule has 1 saturated heterocycles. The zero-order chi connectivity index (χ0) is 20.8. The lowest BCUT2D eigenvalue weighted by atomic mass is 9.83. The molecule has 0 bridgehead atoms. The summed E-state index contributed by atoms with van der Waals surface area (Å²) in [7, 11) is 1.34. The maximum Gasteiger partial charge on any atom is 0.410 e. The number of hydrogen-bond acceptors (Lipinski definition) is 6. The van der Waals surface area contributed by atoms with Crippen LogP contribution >= 0.6 is 0 Å². The van der Waals surface area contributed by atoms with Gasteiger partial charge < -0.3 is 24.4 Å². The number of carbonyl (C=O) groups excluding carboxylic acids is 3. The highest BCUT2D eigenvalue weighted by atomic mass is 16.6. The lowest BCUT2D eigenvalue weighted by Crippen LogP contribution is -2.49. The molecule has 0 saturated carbocycles. The van der Waals surface area contributed by atoms with Gasteiger partial charge in [-0.25, -0.2) is 9.59 Å². The van der Waals surface area contributed by atoms with E-state index in [4.69, 9.17) is 14.2 Å². The van der Waals surface area contributed by atoms with E-state index in [1.165, 1.54) is 7.11 Å². The van der Waals surface area contributed by atoms with E-state index in [-0.39, 0.29) is 24.2 Å². The first-order valence-corrected chi connectivity index (χ1v) is 9.32. The van der Waals surface area contributed by atoms with Gasteiger partial charge in [0.25, 0.3) is 0 Å². The molecule has 0 aromatic rings. The number of amides is 2. The van der Waals surface area contributed by atoms with E-state index in [1.807, 2.05) is 20.8 Å². The molecule has 8 nitrogen and oxygen atoms in total. The van der Waals surface area contributed by atoms with Gasteiger partial charge in [0.15, 0.2) is 0 Å². The minimum absolute atomic E-state index is 0.0373. The van der Waals surface area contributed by atoms with Gasteiger partial charge in [0, 0.05) is 19.6 Å². The zero-order valence-corrected chi connectivity index (χ0v) is 17.6. The van der Waals surface area contributed by atoms with Gasteiger partial charge in [-0.2, -0.15) is 0 Å². The molecule has 2 amide bonds. The Morgan fingerprint density at radius 1 is 1.00 bits per heavy atom. The van der Waals surface area contributed by atoms with Crippen molar-refractivity contribution in [2.45, 2.75) is 65.6 Å². The summed E-state index contributed by atoms with van der Waals surface area (Å²) < 4.78 is 15.5. The molecule has 1 rings (SSSR count). The van der Waals surface area contributed by atoms with Gasteiger partial charge in [-0.05, 0) is 59.8 Å². The first-order valence-electron chi connectivity index (χ1n) is 9.32. The summed E-state index contributed by atoms with van der Waals surface area (Å²) in [5, 5.41) is 2.76. The van der Waals surface area contributed by atoms with Crippen molar-refractivity contribution >= 4 is 18.2 Å². The van der Waals surface area contributed by atoms with Crippen molar-refractivity contribution in [3.8, 4) is 0 Å². The molecular weight excluding hydrogens is 352 g/mol. The summed E-state index contributed by atoms with van der Waals surface area (Å²) in [5.41, 5.74) is -1.15. The van der Waals surface area contributed by atoms with E-state index in [0.29, 0.717) is 26.1 Å². The number of esters is 1.